The van der Waals surface area contributed by atoms with Crippen LogP contribution in [0.1, 0.15) is 32.3 Å². The summed E-state index contributed by atoms with van der Waals surface area (Å²) in [5.41, 5.74) is 5.10. The molecule has 2 aromatic carbocycles. The SMILES string of the molecule is CCNc1ccc2nc(-c3ccc(C(C)C)cc3)oc2c1. The van der Waals surface area contributed by atoms with Gasteiger partial charge < -0.3 is 9.73 Å². The summed E-state index contributed by atoms with van der Waals surface area (Å²) in [6.07, 6.45) is 0. The van der Waals surface area contributed by atoms with Crippen LogP contribution in [0.25, 0.3) is 22.6 Å². The molecular formula is C18H20N2O. The van der Waals surface area contributed by atoms with E-state index in [4.69, 9.17) is 4.42 Å². The van der Waals surface area contributed by atoms with Crippen molar-refractivity contribution >= 4 is 16.8 Å². The molecule has 0 saturated carbocycles. The smallest absolute Gasteiger partial charge is 0.227 e. The van der Waals surface area contributed by atoms with Gasteiger partial charge in [-0.1, -0.05) is 26.0 Å². The normalized spacial score (nSPS) is 11.2. The highest BCUT2D eigenvalue weighted by atomic mass is 16.3. The van der Waals surface area contributed by atoms with Crippen LogP contribution in [0.4, 0.5) is 5.69 Å². The number of hydrogen-bond donors (Lipinski definition) is 1. The van der Waals surface area contributed by atoms with E-state index in [9.17, 15) is 0 Å². The van der Waals surface area contributed by atoms with Crippen LogP contribution in [0.3, 0.4) is 0 Å². The number of nitrogens with zero attached hydrogens (tertiary/aromatic N) is 1. The first-order chi connectivity index (χ1) is 10.2. The second kappa shape index (κ2) is 5.60. The van der Waals surface area contributed by atoms with Crippen molar-refractivity contribution < 1.29 is 4.42 Å². The maximum absolute atomic E-state index is 5.89. The molecule has 0 aliphatic rings. The number of nitrogens with one attached hydrogen (secondary N) is 1. The molecule has 0 radical (unpaired) electrons. The van der Waals surface area contributed by atoms with Crippen LogP contribution in [0, 0.1) is 0 Å². The van der Waals surface area contributed by atoms with Gasteiger partial charge in [0.2, 0.25) is 5.89 Å². The minimum atomic E-state index is 0.533. The zero-order valence-corrected chi connectivity index (χ0v) is 12.7. The number of fused-ring (bicyclic) bond motifs is 1. The first-order valence-electron chi connectivity index (χ1n) is 7.42. The Balaban J connectivity index is 1.96. The maximum atomic E-state index is 5.89. The third-order valence-electron chi connectivity index (χ3n) is 3.59. The number of oxazole rings is 1. The highest BCUT2D eigenvalue weighted by molar-refractivity contribution is 5.79. The van der Waals surface area contributed by atoms with Crippen molar-refractivity contribution in [1.82, 2.24) is 4.98 Å². The highest BCUT2D eigenvalue weighted by Crippen LogP contribution is 2.27. The summed E-state index contributed by atoms with van der Waals surface area (Å²) in [6.45, 7) is 7.35. The predicted molar refractivity (Wildman–Crippen MR) is 87.7 cm³/mol. The number of anilines is 1. The fourth-order valence-electron chi connectivity index (χ4n) is 2.37. The Morgan fingerprint density at radius 1 is 1.10 bits per heavy atom. The van der Waals surface area contributed by atoms with Crippen LogP contribution >= 0.6 is 0 Å². The van der Waals surface area contributed by atoms with Crippen molar-refractivity contribution in [3.8, 4) is 11.5 Å². The van der Waals surface area contributed by atoms with E-state index >= 15 is 0 Å². The van der Waals surface area contributed by atoms with E-state index in [2.05, 4.69) is 55.3 Å². The second-order valence-electron chi connectivity index (χ2n) is 5.51. The Labute approximate surface area is 125 Å². The van der Waals surface area contributed by atoms with E-state index < -0.39 is 0 Å². The molecule has 21 heavy (non-hydrogen) atoms. The lowest BCUT2D eigenvalue weighted by molar-refractivity contribution is 0.620. The minimum Gasteiger partial charge on any atom is -0.436 e. The average molecular weight is 280 g/mol. The van der Waals surface area contributed by atoms with Gasteiger partial charge in [0.1, 0.15) is 5.52 Å². The zero-order chi connectivity index (χ0) is 14.8. The molecule has 1 aromatic heterocycles. The lowest BCUT2D eigenvalue weighted by atomic mass is 10.0. The van der Waals surface area contributed by atoms with Gasteiger partial charge in [0.25, 0.3) is 0 Å². The van der Waals surface area contributed by atoms with E-state index in [-0.39, 0.29) is 0 Å². The van der Waals surface area contributed by atoms with Gasteiger partial charge in [0, 0.05) is 23.9 Å². The fraction of sp³-hybridized carbons (Fsp3) is 0.278. The molecule has 1 N–H and O–H groups in total. The van der Waals surface area contributed by atoms with Crippen LogP contribution in [0.2, 0.25) is 0 Å². The first kappa shape index (κ1) is 13.7. The molecule has 0 unspecified atom stereocenters. The monoisotopic (exact) mass is 280 g/mol. The summed E-state index contributed by atoms with van der Waals surface area (Å²) in [5, 5.41) is 3.28. The molecule has 3 heteroatoms. The summed E-state index contributed by atoms with van der Waals surface area (Å²) in [4.78, 5) is 4.56. The molecule has 108 valence electrons. The van der Waals surface area contributed by atoms with Gasteiger partial charge in [0.15, 0.2) is 5.58 Å². The Bertz CT molecular complexity index is 742. The molecule has 3 aromatic rings. The minimum absolute atomic E-state index is 0.533. The van der Waals surface area contributed by atoms with Gasteiger partial charge in [-0.3, -0.25) is 0 Å². The topological polar surface area (TPSA) is 38.1 Å². The van der Waals surface area contributed by atoms with Crippen LogP contribution < -0.4 is 5.32 Å². The molecule has 0 aliphatic carbocycles. The van der Waals surface area contributed by atoms with Crippen molar-refractivity contribution in [3.63, 3.8) is 0 Å². The Hall–Kier alpha value is -2.29. The van der Waals surface area contributed by atoms with Crippen molar-refractivity contribution in [3.05, 3.63) is 48.0 Å². The van der Waals surface area contributed by atoms with Crippen LogP contribution in [-0.2, 0) is 0 Å². The summed E-state index contributed by atoms with van der Waals surface area (Å²) in [6, 6.07) is 14.4. The summed E-state index contributed by atoms with van der Waals surface area (Å²) < 4.78 is 5.89. The van der Waals surface area contributed by atoms with Gasteiger partial charge in [-0.15, -0.1) is 0 Å². The number of aromatic nitrogens is 1. The third-order valence-corrected chi connectivity index (χ3v) is 3.59. The highest BCUT2D eigenvalue weighted by Gasteiger charge is 2.09. The number of benzene rings is 2. The zero-order valence-electron chi connectivity index (χ0n) is 12.7. The molecule has 0 atom stereocenters. The average Bonchev–Trinajstić information content (AvgIpc) is 2.91. The molecule has 0 spiro atoms. The fourth-order valence-corrected chi connectivity index (χ4v) is 2.37. The molecular weight excluding hydrogens is 260 g/mol. The van der Waals surface area contributed by atoms with Crippen LogP contribution in [0.15, 0.2) is 46.9 Å². The number of rotatable bonds is 4. The standard InChI is InChI=1S/C18H20N2O/c1-4-19-15-9-10-16-17(11-15)21-18(20-16)14-7-5-13(6-8-14)12(2)3/h5-12,19H,4H2,1-3H3. The lowest BCUT2D eigenvalue weighted by Crippen LogP contribution is -1.95. The second-order valence-corrected chi connectivity index (χ2v) is 5.51. The van der Waals surface area contributed by atoms with Gasteiger partial charge in [-0.05, 0) is 42.7 Å². The van der Waals surface area contributed by atoms with E-state index in [1.165, 1.54) is 5.56 Å². The van der Waals surface area contributed by atoms with Crippen molar-refractivity contribution in [2.75, 3.05) is 11.9 Å². The van der Waals surface area contributed by atoms with E-state index in [1.54, 1.807) is 0 Å². The molecule has 3 rings (SSSR count). The van der Waals surface area contributed by atoms with Gasteiger partial charge >= 0.3 is 0 Å². The van der Waals surface area contributed by atoms with Crippen LogP contribution in [-0.4, -0.2) is 11.5 Å². The molecule has 1 heterocycles. The van der Waals surface area contributed by atoms with Crippen LogP contribution in [0.5, 0.6) is 0 Å². The molecule has 0 amide bonds. The lowest BCUT2D eigenvalue weighted by Gasteiger charge is -2.04. The molecule has 3 nitrogen and oxygen atoms in total. The quantitative estimate of drug-likeness (QED) is 0.726. The summed E-state index contributed by atoms with van der Waals surface area (Å²) in [7, 11) is 0. The Morgan fingerprint density at radius 2 is 1.86 bits per heavy atom. The van der Waals surface area contributed by atoms with E-state index in [1.807, 2.05) is 18.2 Å². The molecule has 0 saturated heterocycles. The van der Waals surface area contributed by atoms with Crippen molar-refractivity contribution in [2.24, 2.45) is 0 Å². The maximum Gasteiger partial charge on any atom is 0.227 e. The summed E-state index contributed by atoms with van der Waals surface area (Å²) >= 11 is 0. The predicted octanol–water partition coefficient (Wildman–Crippen LogP) is 5.05. The largest absolute Gasteiger partial charge is 0.436 e. The molecule has 0 fully saturated rings. The first-order valence-corrected chi connectivity index (χ1v) is 7.42. The van der Waals surface area contributed by atoms with Crippen molar-refractivity contribution in [2.45, 2.75) is 26.7 Å². The van der Waals surface area contributed by atoms with Gasteiger partial charge in [-0.25, -0.2) is 4.98 Å². The molecule has 0 aliphatic heterocycles. The molecule has 0 bridgehead atoms. The van der Waals surface area contributed by atoms with Crippen molar-refractivity contribution in [1.29, 1.82) is 0 Å². The Kier molecular flexibility index (Phi) is 3.65. The van der Waals surface area contributed by atoms with Gasteiger partial charge in [0.05, 0.1) is 0 Å². The Morgan fingerprint density at radius 3 is 2.52 bits per heavy atom. The third kappa shape index (κ3) is 2.77. The van der Waals surface area contributed by atoms with E-state index in [0.717, 1.165) is 28.9 Å². The summed E-state index contributed by atoms with van der Waals surface area (Å²) in [5.74, 6) is 1.21. The van der Waals surface area contributed by atoms with Gasteiger partial charge in [-0.2, -0.15) is 0 Å². The number of hydrogen-bond acceptors (Lipinski definition) is 3. The van der Waals surface area contributed by atoms with E-state index in [0.29, 0.717) is 11.8 Å².